The number of carbonyl (C=O) groups is 2. The highest BCUT2D eigenvalue weighted by Gasteiger charge is 2.44. The Labute approximate surface area is 120 Å². The first kappa shape index (κ1) is 15.1. The van der Waals surface area contributed by atoms with Gasteiger partial charge in [-0.2, -0.15) is 0 Å². The first-order valence-electron chi connectivity index (χ1n) is 7.76. The van der Waals surface area contributed by atoms with Crippen LogP contribution < -0.4 is 10.6 Å². The third-order valence-electron chi connectivity index (χ3n) is 5.42. The van der Waals surface area contributed by atoms with Gasteiger partial charge in [-0.25, -0.2) is 4.79 Å². The lowest BCUT2D eigenvalue weighted by Gasteiger charge is -2.37. The summed E-state index contributed by atoms with van der Waals surface area (Å²) in [4.78, 5) is 23.2. The summed E-state index contributed by atoms with van der Waals surface area (Å²) in [5, 5.41) is 15.0. The Hall–Kier alpha value is -1.26. The molecule has 0 aromatic carbocycles. The van der Waals surface area contributed by atoms with Crippen LogP contribution in [0.5, 0.6) is 0 Å². The number of rotatable bonds is 5. The maximum absolute atomic E-state index is 11.9. The van der Waals surface area contributed by atoms with Crippen LogP contribution in [0.2, 0.25) is 0 Å². The zero-order valence-electron chi connectivity index (χ0n) is 12.4. The van der Waals surface area contributed by atoms with Crippen LogP contribution in [0, 0.1) is 17.3 Å². The largest absolute Gasteiger partial charge is 0.481 e. The van der Waals surface area contributed by atoms with Gasteiger partial charge in [0, 0.05) is 12.6 Å². The molecule has 0 heterocycles. The highest BCUT2D eigenvalue weighted by atomic mass is 16.4. The van der Waals surface area contributed by atoms with E-state index in [0.717, 1.165) is 19.3 Å². The Morgan fingerprint density at radius 3 is 2.45 bits per heavy atom. The third-order valence-corrected chi connectivity index (χ3v) is 5.42. The number of hydrogen-bond donors (Lipinski definition) is 3. The fraction of sp³-hybridized carbons (Fsp3) is 0.867. The molecule has 2 saturated carbocycles. The van der Waals surface area contributed by atoms with E-state index in [9.17, 15) is 14.7 Å². The minimum absolute atomic E-state index is 0.217. The quantitative estimate of drug-likeness (QED) is 0.724. The monoisotopic (exact) mass is 282 g/mol. The van der Waals surface area contributed by atoms with Gasteiger partial charge in [-0.15, -0.1) is 0 Å². The van der Waals surface area contributed by atoms with Crippen molar-refractivity contribution >= 4 is 12.0 Å². The Bertz CT molecular complexity index is 379. The van der Waals surface area contributed by atoms with E-state index in [-0.39, 0.29) is 18.6 Å². The molecule has 0 aromatic heterocycles. The molecule has 2 aliphatic carbocycles. The molecule has 2 rings (SSSR count). The average Bonchev–Trinajstić information content (AvgIpc) is 2.68. The van der Waals surface area contributed by atoms with Crippen molar-refractivity contribution in [2.75, 3.05) is 6.54 Å². The fourth-order valence-electron chi connectivity index (χ4n) is 3.57. The predicted molar refractivity (Wildman–Crippen MR) is 76.4 cm³/mol. The van der Waals surface area contributed by atoms with Crippen LogP contribution in [-0.2, 0) is 4.79 Å². The van der Waals surface area contributed by atoms with Gasteiger partial charge in [-0.1, -0.05) is 26.7 Å². The number of aliphatic carboxylic acids is 1. The van der Waals surface area contributed by atoms with E-state index in [0.29, 0.717) is 24.7 Å². The number of nitrogens with one attached hydrogen (secondary N) is 2. The molecular formula is C15H26N2O3. The van der Waals surface area contributed by atoms with Crippen LogP contribution in [0.25, 0.3) is 0 Å². The molecule has 5 nitrogen and oxygen atoms in total. The molecular weight excluding hydrogens is 256 g/mol. The van der Waals surface area contributed by atoms with Gasteiger partial charge < -0.3 is 15.7 Å². The van der Waals surface area contributed by atoms with E-state index < -0.39 is 11.4 Å². The van der Waals surface area contributed by atoms with Gasteiger partial charge in [0.05, 0.1) is 5.41 Å². The highest BCUT2D eigenvalue weighted by molar-refractivity contribution is 5.79. The molecule has 2 aliphatic rings. The molecule has 3 atom stereocenters. The summed E-state index contributed by atoms with van der Waals surface area (Å²) >= 11 is 0. The van der Waals surface area contributed by atoms with Crippen molar-refractivity contribution in [1.29, 1.82) is 0 Å². The molecule has 3 N–H and O–H groups in total. The molecule has 0 spiro atoms. The molecule has 2 fully saturated rings. The van der Waals surface area contributed by atoms with Crippen molar-refractivity contribution in [3.63, 3.8) is 0 Å². The highest BCUT2D eigenvalue weighted by Crippen LogP contribution is 2.40. The number of urea groups is 1. The Morgan fingerprint density at radius 2 is 2.00 bits per heavy atom. The van der Waals surface area contributed by atoms with E-state index in [2.05, 4.69) is 24.5 Å². The molecule has 3 unspecified atom stereocenters. The summed E-state index contributed by atoms with van der Waals surface area (Å²) in [6.07, 6.45) is 5.62. The van der Waals surface area contributed by atoms with Crippen molar-refractivity contribution in [3.8, 4) is 0 Å². The van der Waals surface area contributed by atoms with Gasteiger partial charge in [0.25, 0.3) is 0 Å². The number of carboxylic acid groups (broad SMARTS) is 1. The first-order valence-corrected chi connectivity index (χ1v) is 7.76. The lowest BCUT2D eigenvalue weighted by Crippen LogP contribution is -2.51. The Kier molecular flexibility index (Phi) is 4.55. The molecule has 0 radical (unpaired) electrons. The van der Waals surface area contributed by atoms with Gasteiger partial charge in [0.1, 0.15) is 0 Å². The van der Waals surface area contributed by atoms with Gasteiger partial charge in [0.15, 0.2) is 0 Å². The van der Waals surface area contributed by atoms with E-state index in [4.69, 9.17) is 0 Å². The van der Waals surface area contributed by atoms with Crippen LogP contribution >= 0.6 is 0 Å². The maximum Gasteiger partial charge on any atom is 0.315 e. The second-order valence-corrected chi connectivity index (χ2v) is 6.48. The van der Waals surface area contributed by atoms with Crippen molar-refractivity contribution in [2.24, 2.45) is 17.3 Å². The lowest BCUT2D eigenvalue weighted by molar-refractivity contribution is -0.153. The summed E-state index contributed by atoms with van der Waals surface area (Å²) in [7, 11) is 0. The SMILES string of the molecule is CCC1CCC(NC(=O)NCC2(C(=O)O)CCC2)C1C. The van der Waals surface area contributed by atoms with E-state index in [1.165, 1.54) is 6.42 Å². The number of carbonyl (C=O) groups excluding carboxylic acids is 1. The molecule has 0 aliphatic heterocycles. The molecule has 0 bridgehead atoms. The molecule has 20 heavy (non-hydrogen) atoms. The second-order valence-electron chi connectivity index (χ2n) is 6.48. The minimum atomic E-state index is -0.788. The smallest absolute Gasteiger partial charge is 0.315 e. The maximum atomic E-state index is 11.9. The second kappa shape index (κ2) is 6.02. The van der Waals surface area contributed by atoms with Crippen LogP contribution in [0.3, 0.4) is 0 Å². The summed E-state index contributed by atoms with van der Waals surface area (Å²) < 4.78 is 0. The van der Waals surface area contributed by atoms with E-state index in [1.54, 1.807) is 0 Å². The predicted octanol–water partition coefficient (Wildman–Crippen LogP) is 2.37. The van der Waals surface area contributed by atoms with E-state index in [1.807, 2.05) is 0 Å². The Morgan fingerprint density at radius 1 is 1.30 bits per heavy atom. The van der Waals surface area contributed by atoms with E-state index >= 15 is 0 Å². The van der Waals surface area contributed by atoms with Gasteiger partial charge in [0.2, 0.25) is 0 Å². The van der Waals surface area contributed by atoms with Crippen LogP contribution in [0.4, 0.5) is 4.79 Å². The Balaban J connectivity index is 1.77. The lowest BCUT2D eigenvalue weighted by atomic mass is 9.69. The van der Waals surface area contributed by atoms with Crippen LogP contribution in [0.1, 0.15) is 52.4 Å². The number of hydrogen-bond acceptors (Lipinski definition) is 2. The fourth-order valence-corrected chi connectivity index (χ4v) is 3.57. The molecule has 0 aromatic rings. The summed E-state index contributed by atoms with van der Waals surface area (Å²) in [5.74, 6) is 0.407. The van der Waals surface area contributed by atoms with Crippen molar-refractivity contribution in [2.45, 2.75) is 58.4 Å². The number of carboxylic acids is 1. The first-order chi connectivity index (χ1) is 9.48. The molecule has 0 saturated heterocycles. The molecule has 2 amide bonds. The molecule has 5 heteroatoms. The zero-order chi connectivity index (χ0) is 14.8. The van der Waals surface area contributed by atoms with Crippen LogP contribution in [-0.4, -0.2) is 29.7 Å². The number of amides is 2. The standard InChI is InChI=1S/C15H26N2O3/c1-3-11-5-6-12(10(11)2)17-14(20)16-9-15(13(18)19)7-4-8-15/h10-12H,3-9H2,1-2H3,(H,18,19)(H2,16,17,20). The summed E-state index contributed by atoms with van der Waals surface area (Å²) in [6, 6.07) is 0.00764. The van der Waals surface area contributed by atoms with Crippen LogP contribution in [0.15, 0.2) is 0 Å². The third kappa shape index (κ3) is 2.91. The summed E-state index contributed by atoms with van der Waals surface area (Å²) in [5.41, 5.74) is -0.718. The van der Waals surface area contributed by atoms with Crippen molar-refractivity contribution in [1.82, 2.24) is 10.6 Å². The van der Waals surface area contributed by atoms with Crippen molar-refractivity contribution < 1.29 is 14.7 Å². The minimum Gasteiger partial charge on any atom is -0.481 e. The zero-order valence-corrected chi connectivity index (χ0v) is 12.4. The van der Waals surface area contributed by atoms with Crippen molar-refractivity contribution in [3.05, 3.63) is 0 Å². The average molecular weight is 282 g/mol. The summed E-state index contributed by atoms with van der Waals surface area (Å²) in [6.45, 7) is 4.63. The van der Waals surface area contributed by atoms with Gasteiger partial charge >= 0.3 is 12.0 Å². The molecule has 114 valence electrons. The topological polar surface area (TPSA) is 78.4 Å². The van der Waals surface area contributed by atoms with Gasteiger partial charge in [-0.3, -0.25) is 4.79 Å². The van der Waals surface area contributed by atoms with Gasteiger partial charge in [-0.05, 0) is 37.5 Å². The normalized spacial score (nSPS) is 31.4.